The van der Waals surface area contributed by atoms with Gasteiger partial charge in [-0.05, 0) is 24.3 Å². The van der Waals surface area contributed by atoms with Gasteiger partial charge < -0.3 is 16.4 Å². The summed E-state index contributed by atoms with van der Waals surface area (Å²) in [7, 11) is 0. The molecule has 2 aromatic heterocycles. The number of hydrogen-bond donors (Lipinski definition) is 3. The van der Waals surface area contributed by atoms with E-state index in [0.717, 1.165) is 12.1 Å². The topological polar surface area (TPSA) is 102 Å². The lowest BCUT2D eigenvalue weighted by atomic mass is 10.3. The van der Waals surface area contributed by atoms with Crippen molar-refractivity contribution < 1.29 is 22.0 Å². The van der Waals surface area contributed by atoms with Gasteiger partial charge in [-0.2, -0.15) is 28.1 Å². The number of rotatable bonds is 5. The predicted octanol–water partition coefficient (Wildman–Crippen LogP) is 3.51. The van der Waals surface area contributed by atoms with Crippen LogP contribution in [0.25, 0.3) is 11.5 Å². The normalized spacial score (nSPS) is 11.3. The molecule has 0 atom stereocenters. The first-order chi connectivity index (χ1) is 13.2. The van der Waals surface area contributed by atoms with E-state index in [9.17, 15) is 22.0 Å². The Labute approximate surface area is 154 Å². The van der Waals surface area contributed by atoms with Gasteiger partial charge in [-0.1, -0.05) is 6.07 Å². The highest BCUT2D eigenvalue weighted by atomic mass is 19.4. The summed E-state index contributed by atoms with van der Waals surface area (Å²) in [5.74, 6) is -2.32. The molecule has 0 aliphatic heterocycles. The molecule has 3 rings (SSSR count). The van der Waals surface area contributed by atoms with Crippen molar-refractivity contribution in [3.8, 4) is 11.5 Å². The Hall–Kier alpha value is -3.57. The zero-order valence-corrected chi connectivity index (χ0v) is 13.9. The number of nitrogens with two attached hydrogens (primary N) is 1. The zero-order chi connectivity index (χ0) is 20.3. The number of anilines is 4. The zero-order valence-electron chi connectivity index (χ0n) is 13.9. The number of benzene rings is 1. The minimum absolute atomic E-state index is 0.0445. The van der Waals surface area contributed by atoms with Crippen LogP contribution in [0, 0.1) is 11.6 Å². The van der Waals surface area contributed by atoms with Gasteiger partial charge in [0.15, 0.2) is 5.82 Å². The molecule has 0 fully saturated rings. The number of alkyl halides is 3. The van der Waals surface area contributed by atoms with E-state index >= 15 is 0 Å². The second kappa shape index (κ2) is 7.58. The number of nitrogens with zero attached hydrogens (tertiary/aromatic N) is 4. The lowest BCUT2D eigenvalue weighted by Crippen LogP contribution is -2.23. The molecule has 3 aromatic rings. The van der Waals surface area contributed by atoms with Gasteiger partial charge in [0, 0.05) is 11.8 Å². The van der Waals surface area contributed by atoms with Crippen molar-refractivity contribution >= 4 is 23.4 Å². The summed E-state index contributed by atoms with van der Waals surface area (Å²) in [5, 5.41) is 4.55. The minimum Gasteiger partial charge on any atom is -0.384 e. The quantitative estimate of drug-likeness (QED) is 0.566. The van der Waals surface area contributed by atoms with Gasteiger partial charge in [0.1, 0.15) is 29.7 Å². The number of pyridine rings is 1. The van der Waals surface area contributed by atoms with Gasteiger partial charge in [0.05, 0.1) is 0 Å². The average Bonchev–Trinajstić information content (AvgIpc) is 2.58. The van der Waals surface area contributed by atoms with Gasteiger partial charge in [-0.25, -0.2) is 13.8 Å². The first-order valence-corrected chi connectivity index (χ1v) is 7.71. The van der Waals surface area contributed by atoms with Crippen LogP contribution in [0.1, 0.15) is 0 Å². The molecule has 1 aromatic carbocycles. The Bertz CT molecular complexity index is 973. The van der Waals surface area contributed by atoms with Crippen molar-refractivity contribution in [3.63, 3.8) is 0 Å². The van der Waals surface area contributed by atoms with Crippen LogP contribution < -0.4 is 16.4 Å². The third kappa shape index (κ3) is 5.22. The first kappa shape index (κ1) is 19.2. The fourth-order valence-corrected chi connectivity index (χ4v) is 2.14. The molecule has 0 unspecified atom stereocenters. The molecule has 7 nitrogen and oxygen atoms in total. The molecule has 0 spiro atoms. The Morgan fingerprint density at radius 2 is 1.57 bits per heavy atom. The van der Waals surface area contributed by atoms with E-state index in [-0.39, 0.29) is 29.0 Å². The second-order valence-corrected chi connectivity index (χ2v) is 5.51. The van der Waals surface area contributed by atoms with Crippen molar-refractivity contribution in [3.05, 3.63) is 48.0 Å². The highest BCUT2D eigenvalue weighted by molar-refractivity contribution is 5.59. The van der Waals surface area contributed by atoms with Crippen molar-refractivity contribution in [2.75, 3.05) is 22.9 Å². The fourth-order valence-electron chi connectivity index (χ4n) is 2.14. The molecule has 0 aliphatic rings. The van der Waals surface area contributed by atoms with Gasteiger partial charge >= 0.3 is 6.18 Å². The van der Waals surface area contributed by atoms with Crippen molar-refractivity contribution in [2.45, 2.75) is 6.18 Å². The van der Waals surface area contributed by atoms with Crippen LogP contribution >= 0.6 is 0 Å². The Morgan fingerprint density at radius 1 is 0.893 bits per heavy atom. The first-order valence-electron chi connectivity index (χ1n) is 7.71. The van der Waals surface area contributed by atoms with E-state index < -0.39 is 30.3 Å². The molecule has 4 N–H and O–H groups in total. The maximum Gasteiger partial charge on any atom is 0.405 e. The largest absolute Gasteiger partial charge is 0.405 e. The van der Waals surface area contributed by atoms with Crippen LogP contribution in [0.5, 0.6) is 0 Å². The molecule has 0 saturated carbocycles. The smallest absolute Gasteiger partial charge is 0.384 e. The molecule has 0 saturated heterocycles. The molecular weight excluding hydrogens is 385 g/mol. The fraction of sp³-hybridized carbons (Fsp3) is 0.125. The summed E-state index contributed by atoms with van der Waals surface area (Å²) < 4.78 is 64.2. The van der Waals surface area contributed by atoms with Crippen molar-refractivity contribution in [2.24, 2.45) is 0 Å². The Kier molecular flexibility index (Phi) is 5.20. The predicted molar refractivity (Wildman–Crippen MR) is 91.7 cm³/mol. The molecule has 12 heteroatoms. The van der Waals surface area contributed by atoms with Crippen LogP contribution in [0.2, 0.25) is 0 Å². The summed E-state index contributed by atoms with van der Waals surface area (Å²) in [4.78, 5) is 15.7. The lowest BCUT2D eigenvalue weighted by molar-refractivity contribution is -0.115. The summed E-state index contributed by atoms with van der Waals surface area (Å²) >= 11 is 0. The average molecular weight is 397 g/mol. The molecule has 0 radical (unpaired) electrons. The van der Waals surface area contributed by atoms with Crippen molar-refractivity contribution in [1.29, 1.82) is 0 Å². The van der Waals surface area contributed by atoms with Crippen LogP contribution in [-0.4, -0.2) is 32.7 Å². The molecule has 28 heavy (non-hydrogen) atoms. The molecule has 0 aliphatic carbocycles. The van der Waals surface area contributed by atoms with E-state index in [0.29, 0.717) is 6.07 Å². The maximum atomic E-state index is 13.4. The monoisotopic (exact) mass is 397 g/mol. The number of hydrogen-bond acceptors (Lipinski definition) is 7. The third-order valence-corrected chi connectivity index (χ3v) is 3.20. The molecular formula is C16H12F5N7. The van der Waals surface area contributed by atoms with Crippen LogP contribution in [-0.2, 0) is 0 Å². The summed E-state index contributed by atoms with van der Waals surface area (Å²) in [6.07, 6.45) is -4.51. The standard InChI is InChI=1S/C16H12F5N7/c17-8-4-9(18)6-10(5-8)24-15-27-13(11-2-1-3-12(22)25-11)26-14(28-15)23-7-16(19,20)21/h1-6H,7H2,(H2,22,25)(H2,23,24,26,27,28). The van der Waals surface area contributed by atoms with Gasteiger partial charge in [0.2, 0.25) is 11.9 Å². The molecule has 0 bridgehead atoms. The summed E-state index contributed by atoms with van der Waals surface area (Å²) in [5.41, 5.74) is 5.73. The van der Waals surface area contributed by atoms with E-state index in [1.165, 1.54) is 12.1 Å². The number of nitrogens with one attached hydrogen (secondary N) is 2. The second-order valence-electron chi connectivity index (χ2n) is 5.51. The van der Waals surface area contributed by atoms with Gasteiger partial charge in [-0.3, -0.25) is 0 Å². The van der Waals surface area contributed by atoms with Crippen LogP contribution in [0.4, 0.5) is 45.4 Å². The van der Waals surface area contributed by atoms with Crippen molar-refractivity contribution in [1.82, 2.24) is 19.9 Å². The summed E-state index contributed by atoms with van der Waals surface area (Å²) in [6.45, 7) is -1.39. The number of aromatic nitrogens is 4. The van der Waals surface area contributed by atoms with E-state index in [1.807, 2.05) is 5.32 Å². The Morgan fingerprint density at radius 3 is 2.21 bits per heavy atom. The van der Waals surface area contributed by atoms with Crippen LogP contribution in [0.3, 0.4) is 0 Å². The minimum atomic E-state index is -4.51. The highest BCUT2D eigenvalue weighted by Crippen LogP contribution is 2.22. The van der Waals surface area contributed by atoms with Gasteiger partial charge in [0.25, 0.3) is 0 Å². The molecule has 0 amide bonds. The van der Waals surface area contributed by atoms with E-state index in [1.54, 1.807) is 6.07 Å². The van der Waals surface area contributed by atoms with E-state index in [4.69, 9.17) is 5.73 Å². The summed E-state index contributed by atoms with van der Waals surface area (Å²) in [6, 6.07) is 7.14. The third-order valence-electron chi connectivity index (χ3n) is 3.20. The SMILES string of the molecule is Nc1cccc(-c2nc(NCC(F)(F)F)nc(Nc3cc(F)cc(F)c3)n2)n1. The molecule has 146 valence electrons. The highest BCUT2D eigenvalue weighted by Gasteiger charge is 2.27. The molecule has 2 heterocycles. The number of nitrogen functional groups attached to an aromatic ring is 1. The number of halogens is 5. The maximum absolute atomic E-state index is 13.4. The van der Waals surface area contributed by atoms with Gasteiger partial charge in [-0.15, -0.1) is 0 Å². The van der Waals surface area contributed by atoms with Crippen LogP contribution in [0.15, 0.2) is 36.4 Å². The Balaban J connectivity index is 1.98. The lowest BCUT2D eigenvalue weighted by Gasteiger charge is -2.12. The van der Waals surface area contributed by atoms with E-state index in [2.05, 4.69) is 25.3 Å².